The summed E-state index contributed by atoms with van der Waals surface area (Å²) in [5.41, 5.74) is -1.81. The molecule has 24 heavy (non-hydrogen) atoms. The summed E-state index contributed by atoms with van der Waals surface area (Å²) in [6, 6.07) is 2.99. The third kappa shape index (κ3) is 3.74. The minimum Gasteiger partial charge on any atom is -1.00 e. The highest BCUT2D eigenvalue weighted by molar-refractivity contribution is 5.25. The van der Waals surface area contributed by atoms with Crippen LogP contribution < -0.4 is 27.5 Å². The van der Waals surface area contributed by atoms with Crippen molar-refractivity contribution in [3.8, 4) is 0 Å². The second kappa shape index (κ2) is 7.01. The van der Waals surface area contributed by atoms with Crippen LogP contribution in [-0.2, 0) is 18.7 Å². The van der Waals surface area contributed by atoms with Crippen molar-refractivity contribution in [2.75, 3.05) is 5.84 Å². The van der Waals surface area contributed by atoms with Gasteiger partial charge < -0.3 is 22.1 Å². The summed E-state index contributed by atoms with van der Waals surface area (Å²) >= 11 is 0. The maximum atomic E-state index is 14.2. The number of nitrogens with two attached hydrogens (primary N) is 1. The number of benzene rings is 1. The Hall–Kier alpha value is -2.40. The van der Waals surface area contributed by atoms with Gasteiger partial charge in [-0.05, 0) is 6.07 Å². The fraction of sp³-hybridized carbons (Fsp3) is 0.231. The van der Waals surface area contributed by atoms with Crippen LogP contribution >= 0.6 is 0 Å². The van der Waals surface area contributed by atoms with Gasteiger partial charge in [-0.2, -0.15) is 5.10 Å². The van der Waals surface area contributed by atoms with Gasteiger partial charge in [-0.25, -0.2) is 18.4 Å². The van der Waals surface area contributed by atoms with Gasteiger partial charge in [0, 0.05) is 16.7 Å². The molecule has 0 spiro atoms. The van der Waals surface area contributed by atoms with E-state index in [0.717, 1.165) is 6.07 Å². The smallest absolute Gasteiger partial charge is 0.286 e. The number of rotatable bonds is 5. The van der Waals surface area contributed by atoms with Crippen LogP contribution in [0.25, 0.3) is 0 Å². The van der Waals surface area contributed by atoms with Crippen molar-refractivity contribution in [1.29, 1.82) is 0 Å². The van der Waals surface area contributed by atoms with Crippen molar-refractivity contribution in [2.45, 2.75) is 18.7 Å². The van der Waals surface area contributed by atoms with Crippen LogP contribution in [0.1, 0.15) is 5.56 Å². The Morgan fingerprint density at radius 2 is 1.96 bits per heavy atom. The van der Waals surface area contributed by atoms with E-state index in [4.69, 9.17) is 5.84 Å². The molecule has 1 atom stereocenters. The first-order valence-corrected chi connectivity index (χ1v) is 6.65. The van der Waals surface area contributed by atoms with Crippen molar-refractivity contribution < 1.29 is 35.5 Å². The van der Waals surface area contributed by atoms with E-state index in [-0.39, 0.29) is 35.6 Å². The molecule has 0 bridgehead atoms. The molecule has 0 saturated carbocycles. The topological polar surface area (TPSA) is 98.7 Å². The lowest BCUT2D eigenvalue weighted by Gasteiger charge is -2.26. The second-order valence-electron chi connectivity index (χ2n) is 5.14. The molecule has 3 rings (SSSR count). The third-order valence-corrected chi connectivity index (χ3v) is 3.35. The van der Waals surface area contributed by atoms with Gasteiger partial charge in [0.05, 0.1) is 6.54 Å². The minimum atomic E-state index is -1.73. The molecule has 3 N–H and O–H groups in total. The van der Waals surface area contributed by atoms with Crippen molar-refractivity contribution in [1.82, 2.24) is 24.5 Å². The van der Waals surface area contributed by atoms with Gasteiger partial charge in [-0.15, -0.1) is 9.36 Å². The largest absolute Gasteiger partial charge is 1.00 e. The molecule has 11 heteroatoms. The summed E-state index contributed by atoms with van der Waals surface area (Å²) in [5.74, 6) is 3.93. The maximum absolute atomic E-state index is 14.2. The van der Waals surface area contributed by atoms with E-state index in [9.17, 15) is 13.9 Å². The van der Waals surface area contributed by atoms with Crippen LogP contribution in [0.3, 0.4) is 0 Å². The molecule has 2 aromatic heterocycles. The minimum absolute atomic E-state index is 0. The molecule has 0 amide bonds. The first-order chi connectivity index (χ1) is 11.0. The zero-order valence-electron chi connectivity index (χ0n) is 12.3. The Labute approximate surface area is 145 Å². The molecular weight excluding hydrogens is 388 g/mol. The average molecular weight is 402 g/mol. The van der Waals surface area contributed by atoms with Gasteiger partial charge in [0.15, 0.2) is 0 Å². The SMILES string of the molecule is N[n+]1cnn(CC(O)(Cn2cncn2)c2ccc(F)cc2F)c1.[Br-]. The van der Waals surface area contributed by atoms with Gasteiger partial charge in [0.1, 0.15) is 36.4 Å². The van der Waals surface area contributed by atoms with Gasteiger partial charge >= 0.3 is 0 Å². The molecule has 0 aliphatic heterocycles. The Morgan fingerprint density at radius 1 is 1.21 bits per heavy atom. The summed E-state index contributed by atoms with van der Waals surface area (Å²) in [7, 11) is 0. The fourth-order valence-corrected chi connectivity index (χ4v) is 2.36. The zero-order chi connectivity index (χ0) is 16.4. The zero-order valence-corrected chi connectivity index (χ0v) is 13.9. The molecule has 8 nitrogen and oxygen atoms in total. The number of nitrogens with zero attached hydrogens (tertiary/aromatic N) is 6. The van der Waals surface area contributed by atoms with Crippen LogP contribution in [0.5, 0.6) is 0 Å². The summed E-state index contributed by atoms with van der Waals surface area (Å²) in [6.07, 6.45) is 5.44. The molecular formula is C13H14BrF2N7O. The van der Waals surface area contributed by atoms with Crippen LogP contribution in [-0.4, -0.2) is 29.7 Å². The summed E-state index contributed by atoms with van der Waals surface area (Å²) < 4.78 is 31.2. The lowest BCUT2D eigenvalue weighted by Crippen LogP contribution is -3.00. The lowest BCUT2D eigenvalue weighted by atomic mass is 9.93. The van der Waals surface area contributed by atoms with Gasteiger partial charge in [-0.1, -0.05) is 6.07 Å². The summed E-state index contributed by atoms with van der Waals surface area (Å²) in [6.45, 7) is -0.209. The monoisotopic (exact) mass is 401 g/mol. The Bertz CT molecular complexity index is 811. The number of hydrogen-bond acceptors (Lipinski definition) is 5. The second-order valence-corrected chi connectivity index (χ2v) is 5.14. The standard InChI is InChI=1S/C13H14F2N7O.BrH/c14-10-1-2-11(12(15)3-10)13(23,4-21-7-17-6-18-21)5-22-9-20(16)8-19-22;/h1-3,6-9,23H,4-5,16H2;1H/q+1;/p-1. The van der Waals surface area contributed by atoms with Crippen LogP contribution in [0.4, 0.5) is 8.78 Å². The first-order valence-electron chi connectivity index (χ1n) is 6.65. The predicted molar refractivity (Wildman–Crippen MR) is 72.8 cm³/mol. The summed E-state index contributed by atoms with van der Waals surface area (Å²) in [5, 5.41) is 18.9. The van der Waals surface area contributed by atoms with Gasteiger partial charge in [0.25, 0.3) is 6.33 Å². The molecule has 0 aliphatic carbocycles. The highest BCUT2D eigenvalue weighted by Crippen LogP contribution is 2.28. The molecule has 3 aromatic rings. The first kappa shape index (κ1) is 17.9. The van der Waals surface area contributed by atoms with E-state index in [1.54, 1.807) is 0 Å². The van der Waals surface area contributed by atoms with Crippen molar-refractivity contribution in [3.63, 3.8) is 0 Å². The number of aliphatic hydroxyl groups is 1. The van der Waals surface area contributed by atoms with Crippen molar-refractivity contribution in [2.24, 2.45) is 0 Å². The van der Waals surface area contributed by atoms with E-state index < -0.39 is 17.2 Å². The normalized spacial score (nSPS) is 13.3. The van der Waals surface area contributed by atoms with E-state index in [1.165, 1.54) is 45.4 Å². The quantitative estimate of drug-likeness (QED) is 0.339. The molecule has 0 aliphatic rings. The van der Waals surface area contributed by atoms with Gasteiger partial charge in [0.2, 0.25) is 6.33 Å². The van der Waals surface area contributed by atoms with Crippen molar-refractivity contribution >= 4 is 0 Å². The van der Waals surface area contributed by atoms with Crippen LogP contribution in [0.15, 0.2) is 43.5 Å². The van der Waals surface area contributed by atoms with Crippen molar-refractivity contribution in [3.05, 3.63) is 60.7 Å². The van der Waals surface area contributed by atoms with E-state index in [0.29, 0.717) is 6.07 Å². The average Bonchev–Trinajstić information content (AvgIpc) is 3.10. The van der Waals surface area contributed by atoms with Gasteiger partial charge in [-0.3, -0.25) is 5.84 Å². The highest BCUT2D eigenvalue weighted by atomic mass is 79.9. The van der Waals surface area contributed by atoms with E-state index >= 15 is 0 Å². The number of aromatic nitrogens is 6. The molecule has 0 fully saturated rings. The number of nitrogen functional groups attached to an aromatic ring is 1. The number of hydrogen-bond donors (Lipinski definition) is 2. The molecule has 0 radical (unpaired) electrons. The third-order valence-electron chi connectivity index (χ3n) is 3.35. The highest BCUT2D eigenvalue weighted by Gasteiger charge is 2.36. The Morgan fingerprint density at radius 3 is 2.54 bits per heavy atom. The summed E-state index contributed by atoms with van der Waals surface area (Å²) in [4.78, 5) is 3.79. The van der Waals surface area contributed by atoms with Crippen LogP contribution in [0.2, 0.25) is 0 Å². The predicted octanol–water partition coefficient (Wildman–Crippen LogP) is -3.65. The van der Waals surface area contributed by atoms with Crippen LogP contribution in [0, 0.1) is 11.6 Å². The van der Waals surface area contributed by atoms with E-state index in [2.05, 4.69) is 15.2 Å². The molecule has 128 valence electrons. The Kier molecular flexibility index (Phi) is 5.24. The van der Waals surface area contributed by atoms with E-state index in [1.807, 2.05) is 0 Å². The molecule has 2 heterocycles. The lowest BCUT2D eigenvalue weighted by molar-refractivity contribution is -0.639. The fourth-order valence-electron chi connectivity index (χ4n) is 2.36. The maximum Gasteiger partial charge on any atom is 0.286 e. The Balaban J connectivity index is 0.00000208. The molecule has 0 saturated heterocycles. The molecule has 1 unspecified atom stereocenters. The molecule has 1 aromatic carbocycles. The number of halogens is 3.